The van der Waals surface area contributed by atoms with Crippen LogP contribution in [0.1, 0.15) is 5.56 Å². The fraction of sp³-hybridized carbons (Fsp3) is 0.0769. The molecule has 0 fully saturated rings. The summed E-state index contributed by atoms with van der Waals surface area (Å²) in [6, 6.07) is 11.7. The van der Waals surface area contributed by atoms with Gasteiger partial charge in [-0.25, -0.2) is 8.78 Å². The molecule has 4 heteroatoms. The van der Waals surface area contributed by atoms with Gasteiger partial charge < -0.3 is 5.32 Å². The van der Waals surface area contributed by atoms with E-state index in [4.69, 9.17) is 0 Å². The first-order valence-electron chi connectivity index (χ1n) is 5.09. The van der Waals surface area contributed by atoms with Gasteiger partial charge in [-0.05, 0) is 29.8 Å². The molecule has 0 saturated heterocycles. The van der Waals surface area contributed by atoms with Crippen LogP contribution in [-0.2, 0) is 6.54 Å². The molecule has 0 atom stereocenters. The third-order valence-electron chi connectivity index (χ3n) is 2.32. The van der Waals surface area contributed by atoms with E-state index in [2.05, 4.69) is 21.2 Å². The summed E-state index contributed by atoms with van der Waals surface area (Å²) in [6.07, 6.45) is 0. The van der Waals surface area contributed by atoms with E-state index in [1.54, 1.807) is 0 Å². The third-order valence-corrected chi connectivity index (χ3v) is 2.82. The average molecular weight is 298 g/mol. The van der Waals surface area contributed by atoms with E-state index >= 15 is 0 Å². The van der Waals surface area contributed by atoms with Crippen LogP contribution in [0.25, 0.3) is 0 Å². The molecule has 0 radical (unpaired) electrons. The number of halogens is 3. The highest BCUT2D eigenvalue weighted by molar-refractivity contribution is 9.10. The fourth-order valence-electron chi connectivity index (χ4n) is 1.48. The number of anilines is 1. The standard InChI is InChI=1S/C13H10BrF2N/c14-10-4-1-3-9(7-10)8-17-12-6-2-5-11(15)13(12)16/h1-7,17H,8H2. The Morgan fingerprint density at radius 2 is 1.82 bits per heavy atom. The molecule has 0 heterocycles. The lowest BCUT2D eigenvalue weighted by Gasteiger charge is -2.08. The van der Waals surface area contributed by atoms with Crippen LogP contribution >= 0.6 is 15.9 Å². The van der Waals surface area contributed by atoms with Gasteiger partial charge in [-0.3, -0.25) is 0 Å². The summed E-state index contributed by atoms with van der Waals surface area (Å²) < 4.78 is 27.2. The zero-order valence-electron chi connectivity index (χ0n) is 8.88. The van der Waals surface area contributed by atoms with E-state index in [9.17, 15) is 8.78 Å². The summed E-state index contributed by atoms with van der Waals surface area (Å²) in [4.78, 5) is 0. The first-order chi connectivity index (χ1) is 8.16. The summed E-state index contributed by atoms with van der Waals surface area (Å²) in [5.41, 5.74) is 1.16. The van der Waals surface area contributed by atoms with E-state index in [1.165, 1.54) is 12.1 Å². The summed E-state index contributed by atoms with van der Waals surface area (Å²) in [6.45, 7) is 0.444. The fourth-order valence-corrected chi connectivity index (χ4v) is 1.93. The predicted octanol–water partition coefficient (Wildman–Crippen LogP) is 4.34. The largest absolute Gasteiger partial charge is 0.379 e. The molecule has 0 bridgehead atoms. The SMILES string of the molecule is Fc1cccc(NCc2cccc(Br)c2)c1F. The Morgan fingerprint density at radius 3 is 2.59 bits per heavy atom. The zero-order chi connectivity index (χ0) is 12.3. The molecule has 0 aromatic heterocycles. The van der Waals surface area contributed by atoms with Crippen molar-refractivity contribution in [2.45, 2.75) is 6.54 Å². The van der Waals surface area contributed by atoms with E-state index in [0.717, 1.165) is 16.1 Å². The lowest BCUT2D eigenvalue weighted by atomic mass is 10.2. The minimum atomic E-state index is -0.845. The van der Waals surface area contributed by atoms with Crippen molar-refractivity contribution in [2.24, 2.45) is 0 Å². The smallest absolute Gasteiger partial charge is 0.181 e. The van der Waals surface area contributed by atoms with Crippen LogP contribution in [0.15, 0.2) is 46.9 Å². The average Bonchev–Trinajstić information content (AvgIpc) is 2.31. The number of hydrogen-bond donors (Lipinski definition) is 1. The van der Waals surface area contributed by atoms with Crippen molar-refractivity contribution in [3.05, 3.63) is 64.1 Å². The Bertz CT molecular complexity index is 529. The van der Waals surface area contributed by atoms with Crippen LogP contribution in [0.4, 0.5) is 14.5 Å². The summed E-state index contributed by atoms with van der Waals surface area (Å²) >= 11 is 3.35. The third kappa shape index (κ3) is 3.03. The molecule has 1 N–H and O–H groups in total. The highest BCUT2D eigenvalue weighted by Gasteiger charge is 2.06. The summed E-state index contributed by atoms with van der Waals surface area (Å²) in [7, 11) is 0. The van der Waals surface area contributed by atoms with E-state index in [-0.39, 0.29) is 5.69 Å². The van der Waals surface area contributed by atoms with Crippen LogP contribution in [0.3, 0.4) is 0 Å². The number of hydrogen-bond acceptors (Lipinski definition) is 1. The molecule has 0 amide bonds. The maximum atomic E-state index is 13.3. The molecule has 88 valence electrons. The summed E-state index contributed by atoms with van der Waals surface area (Å²) in [5.74, 6) is -1.69. The molecule has 0 aliphatic heterocycles. The van der Waals surface area contributed by atoms with Gasteiger partial charge in [-0.1, -0.05) is 34.1 Å². The Labute approximate surface area is 107 Å². The van der Waals surface area contributed by atoms with Crippen molar-refractivity contribution >= 4 is 21.6 Å². The van der Waals surface area contributed by atoms with Crippen molar-refractivity contribution in [3.8, 4) is 0 Å². The Morgan fingerprint density at radius 1 is 1.06 bits per heavy atom. The second kappa shape index (κ2) is 5.27. The minimum Gasteiger partial charge on any atom is -0.379 e. The van der Waals surface area contributed by atoms with Gasteiger partial charge in [-0.2, -0.15) is 0 Å². The topological polar surface area (TPSA) is 12.0 Å². The van der Waals surface area contributed by atoms with Crippen molar-refractivity contribution < 1.29 is 8.78 Å². The molecular weight excluding hydrogens is 288 g/mol. The molecule has 2 rings (SSSR count). The van der Waals surface area contributed by atoms with Gasteiger partial charge in [0.05, 0.1) is 5.69 Å². The molecule has 0 saturated carbocycles. The monoisotopic (exact) mass is 297 g/mol. The van der Waals surface area contributed by atoms with Crippen LogP contribution in [-0.4, -0.2) is 0 Å². The maximum absolute atomic E-state index is 13.3. The first-order valence-corrected chi connectivity index (χ1v) is 5.88. The van der Waals surface area contributed by atoms with Crippen LogP contribution in [0.2, 0.25) is 0 Å². The molecular formula is C13H10BrF2N. The van der Waals surface area contributed by atoms with Gasteiger partial charge in [0.25, 0.3) is 0 Å². The van der Waals surface area contributed by atoms with Crippen LogP contribution < -0.4 is 5.32 Å². The second-order valence-corrected chi connectivity index (χ2v) is 4.50. The number of rotatable bonds is 3. The molecule has 17 heavy (non-hydrogen) atoms. The summed E-state index contributed by atoms with van der Waals surface area (Å²) in [5, 5.41) is 2.86. The van der Waals surface area contributed by atoms with E-state index in [0.29, 0.717) is 6.54 Å². The molecule has 2 aromatic rings. The van der Waals surface area contributed by atoms with Crippen molar-refractivity contribution in [3.63, 3.8) is 0 Å². The second-order valence-electron chi connectivity index (χ2n) is 3.58. The molecule has 0 unspecified atom stereocenters. The highest BCUT2D eigenvalue weighted by atomic mass is 79.9. The van der Waals surface area contributed by atoms with Gasteiger partial charge >= 0.3 is 0 Å². The number of benzene rings is 2. The van der Waals surface area contributed by atoms with E-state index < -0.39 is 11.6 Å². The molecule has 0 spiro atoms. The predicted molar refractivity (Wildman–Crippen MR) is 67.8 cm³/mol. The Hall–Kier alpha value is -1.42. The molecule has 0 aliphatic rings. The Balaban J connectivity index is 2.10. The molecule has 1 nitrogen and oxygen atoms in total. The van der Waals surface area contributed by atoms with Crippen LogP contribution in [0.5, 0.6) is 0 Å². The maximum Gasteiger partial charge on any atom is 0.181 e. The van der Waals surface area contributed by atoms with Gasteiger partial charge in [0.15, 0.2) is 11.6 Å². The zero-order valence-corrected chi connectivity index (χ0v) is 10.5. The van der Waals surface area contributed by atoms with Gasteiger partial charge in [-0.15, -0.1) is 0 Å². The number of nitrogens with one attached hydrogen (secondary N) is 1. The molecule has 2 aromatic carbocycles. The first kappa shape index (κ1) is 12.0. The van der Waals surface area contributed by atoms with Crippen molar-refractivity contribution in [1.82, 2.24) is 0 Å². The van der Waals surface area contributed by atoms with Gasteiger partial charge in [0.2, 0.25) is 0 Å². The Kier molecular flexibility index (Phi) is 3.74. The van der Waals surface area contributed by atoms with Crippen molar-refractivity contribution in [2.75, 3.05) is 5.32 Å². The highest BCUT2D eigenvalue weighted by Crippen LogP contribution is 2.18. The van der Waals surface area contributed by atoms with Gasteiger partial charge in [0, 0.05) is 11.0 Å². The van der Waals surface area contributed by atoms with Crippen molar-refractivity contribution in [1.29, 1.82) is 0 Å². The van der Waals surface area contributed by atoms with Gasteiger partial charge in [0.1, 0.15) is 0 Å². The lowest BCUT2D eigenvalue weighted by molar-refractivity contribution is 0.511. The minimum absolute atomic E-state index is 0.171. The van der Waals surface area contributed by atoms with E-state index in [1.807, 2.05) is 24.3 Å². The lowest BCUT2D eigenvalue weighted by Crippen LogP contribution is -2.02. The molecule has 0 aliphatic carbocycles. The quantitative estimate of drug-likeness (QED) is 0.889. The van der Waals surface area contributed by atoms with Crippen LogP contribution in [0, 0.1) is 11.6 Å². The normalized spacial score (nSPS) is 10.3.